The van der Waals surface area contributed by atoms with Crippen molar-refractivity contribution < 1.29 is 48.7 Å². The second-order valence-electron chi connectivity index (χ2n) is 13.9. The number of carbonyl (C=O) groups is 4. The number of rotatable bonds is 8. The third-order valence-corrected chi connectivity index (χ3v) is 9.46. The molecule has 250 valence electrons. The minimum atomic E-state index is -2.15. The van der Waals surface area contributed by atoms with Gasteiger partial charge in [-0.05, 0) is 25.2 Å². The Morgan fingerprint density at radius 2 is 1.43 bits per heavy atom. The molecular weight excluding hydrogens is 568 g/mol. The molecular formula is C34H54O10. The first-order valence-corrected chi connectivity index (χ1v) is 15.9. The zero-order valence-electron chi connectivity index (χ0n) is 28.0. The van der Waals surface area contributed by atoms with Gasteiger partial charge in [-0.25, -0.2) is 0 Å². The number of carbonyl (C=O) groups excluding carboxylic acids is 4. The minimum Gasteiger partial charge on any atom is -0.457 e. The maximum atomic E-state index is 13.9. The molecule has 3 N–H and O–H groups in total. The van der Waals surface area contributed by atoms with Crippen LogP contribution < -0.4 is 0 Å². The quantitative estimate of drug-likeness (QED) is 0.206. The Morgan fingerprint density at radius 3 is 1.93 bits per heavy atom. The number of hydrogen-bond donors (Lipinski definition) is 3. The second-order valence-corrected chi connectivity index (χ2v) is 13.9. The van der Waals surface area contributed by atoms with Gasteiger partial charge in [0.05, 0.1) is 29.8 Å². The minimum absolute atomic E-state index is 0.116. The van der Waals surface area contributed by atoms with Crippen LogP contribution in [0.5, 0.6) is 0 Å². The Morgan fingerprint density at radius 1 is 0.932 bits per heavy atom. The summed E-state index contributed by atoms with van der Waals surface area (Å²) in [6.07, 6.45) is -3.57. The molecule has 2 aliphatic rings. The molecule has 1 saturated carbocycles. The van der Waals surface area contributed by atoms with E-state index in [1.807, 2.05) is 0 Å². The largest absolute Gasteiger partial charge is 0.457 e. The topological polar surface area (TPSA) is 157 Å². The average molecular weight is 623 g/mol. The van der Waals surface area contributed by atoms with Gasteiger partial charge in [-0.2, -0.15) is 0 Å². The first kappa shape index (κ1) is 37.6. The molecule has 0 saturated heterocycles. The maximum absolute atomic E-state index is 13.9. The maximum Gasteiger partial charge on any atom is 0.309 e. The number of Topliss-reactive ketones (excluding diaryl/α,β-unsaturated/α-hetero) is 1. The molecule has 1 fully saturated rings. The number of esters is 3. The summed E-state index contributed by atoms with van der Waals surface area (Å²) in [6, 6.07) is 0. The van der Waals surface area contributed by atoms with Gasteiger partial charge >= 0.3 is 17.9 Å². The Bertz CT molecular complexity index is 1110. The summed E-state index contributed by atoms with van der Waals surface area (Å²) in [7, 11) is 0. The van der Waals surface area contributed by atoms with E-state index in [-0.39, 0.29) is 12.0 Å². The number of aliphatic hydroxyl groups excluding tert-OH is 2. The fraction of sp³-hybridized carbons (Fsp3) is 0.765. The Balaban J connectivity index is 2.96. The van der Waals surface area contributed by atoms with E-state index in [1.165, 1.54) is 0 Å². The van der Waals surface area contributed by atoms with Crippen LogP contribution >= 0.6 is 0 Å². The molecule has 2 rings (SSSR count). The van der Waals surface area contributed by atoms with Gasteiger partial charge in [0, 0.05) is 16.9 Å². The molecule has 10 heteroatoms. The van der Waals surface area contributed by atoms with Crippen molar-refractivity contribution in [3.05, 3.63) is 24.3 Å². The summed E-state index contributed by atoms with van der Waals surface area (Å²) in [5, 5.41) is 35.4. The van der Waals surface area contributed by atoms with Gasteiger partial charge < -0.3 is 29.5 Å². The highest BCUT2D eigenvalue weighted by molar-refractivity contribution is 5.91. The highest BCUT2D eigenvalue weighted by Crippen LogP contribution is 2.48. The van der Waals surface area contributed by atoms with Gasteiger partial charge in [-0.1, -0.05) is 88.0 Å². The fourth-order valence-corrected chi connectivity index (χ4v) is 5.75. The monoisotopic (exact) mass is 622 g/mol. The van der Waals surface area contributed by atoms with E-state index in [1.54, 1.807) is 81.4 Å². The fourth-order valence-electron chi connectivity index (χ4n) is 5.75. The zero-order valence-corrected chi connectivity index (χ0v) is 28.0. The second kappa shape index (κ2) is 14.7. The molecule has 0 aliphatic heterocycles. The molecule has 0 amide bonds. The van der Waals surface area contributed by atoms with Crippen LogP contribution in [0.3, 0.4) is 0 Å². The third-order valence-electron chi connectivity index (χ3n) is 9.46. The Hall–Kier alpha value is -2.56. The SMILES string of the molecule is C=C1[C@H](OC(=O)C(C)C)[C@@H](OC(=O)C(C)CC)[C@@H](O)C(C)(C)/C=C/[C@H](C)C(=O)[C@@]2(O)C[C@H](C)[C@H](O)[C@@H]2[C@H]1OC(=O)C(C)CC. The average Bonchev–Trinajstić information content (AvgIpc) is 3.20. The van der Waals surface area contributed by atoms with Crippen molar-refractivity contribution in [2.24, 2.45) is 40.9 Å². The molecule has 11 atom stereocenters. The van der Waals surface area contributed by atoms with Crippen LogP contribution in [0.15, 0.2) is 24.3 Å². The summed E-state index contributed by atoms with van der Waals surface area (Å²) < 4.78 is 17.8. The smallest absolute Gasteiger partial charge is 0.309 e. The van der Waals surface area contributed by atoms with Crippen molar-refractivity contribution in [3.8, 4) is 0 Å². The summed E-state index contributed by atoms with van der Waals surface area (Å²) >= 11 is 0. The zero-order chi connectivity index (χ0) is 33.9. The molecule has 2 unspecified atom stereocenters. The van der Waals surface area contributed by atoms with Gasteiger partial charge in [0.25, 0.3) is 0 Å². The number of aliphatic hydroxyl groups is 3. The molecule has 0 aromatic heterocycles. The summed E-state index contributed by atoms with van der Waals surface area (Å²) in [5.41, 5.74) is -3.43. The van der Waals surface area contributed by atoms with Crippen molar-refractivity contribution in [3.63, 3.8) is 0 Å². The first-order valence-electron chi connectivity index (χ1n) is 15.9. The normalized spacial score (nSPS) is 36.3. The van der Waals surface area contributed by atoms with Gasteiger partial charge in [-0.15, -0.1) is 0 Å². The van der Waals surface area contributed by atoms with Crippen molar-refractivity contribution in [2.45, 2.75) is 125 Å². The molecule has 2 aliphatic carbocycles. The van der Waals surface area contributed by atoms with Gasteiger partial charge in [-0.3, -0.25) is 19.2 Å². The number of ketones is 1. The molecule has 44 heavy (non-hydrogen) atoms. The lowest BCUT2D eigenvalue weighted by atomic mass is 9.72. The molecule has 0 aromatic rings. The van der Waals surface area contributed by atoms with Crippen LogP contribution in [0.25, 0.3) is 0 Å². The third kappa shape index (κ3) is 7.80. The van der Waals surface area contributed by atoms with Gasteiger partial charge in [0.15, 0.2) is 18.0 Å². The van der Waals surface area contributed by atoms with E-state index in [9.17, 15) is 34.5 Å². The molecule has 0 radical (unpaired) electrons. The lowest BCUT2D eigenvalue weighted by molar-refractivity contribution is -0.188. The lowest BCUT2D eigenvalue weighted by Gasteiger charge is -2.43. The number of ether oxygens (including phenoxy) is 3. The van der Waals surface area contributed by atoms with Crippen LogP contribution in [-0.2, 0) is 33.4 Å². The van der Waals surface area contributed by atoms with E-state index in [0.717, 1.165) is 0 Å². The molecule has 10 nitrogen and oxygen atoms in total. The number of hydrogen-bond acceptors (Lipinski definition) is 10. The van der Waals surface area contributed by atoms with Crippen LogP contribution in [0.1, 0.15) is 88.5 Å². The van der Waals surface area contributed by atoms with Gasteiger partial charge in [0.1, 0.15) is 17.8 Å². The number of fused-ring (bicyclic) bond motifs is 1. The van der Waals surface area contributed by atoms with Crippen molar-refractivity contribution in [1.82, 2.24) is 0 Å². The number of allylic oxidation sites excluding steroid dienone is 1. The summed E-state index contributed by atoms with van der Waals surface area (Å²) in [5.74, 6) is -7.25. The summed E-state index contributed by atoms with van der Waals surface area (Å²) in [6.45, 7) is 20.9. The van der Waals surface area contributed by atoms with Gasteiger partial charge in [0.2, 0.25) is 0 Å². The summed E-state index contributed by atoms with van der Waals surface area (Å²) in [4.78, 5) is 53.6. The lowest BCUT2D eigenvalue weighted by Crippen LogP contribution is -2.57. The van der Waals surface area contributed by atoms with Crippen molar-refractivity contribution in [2.75, 3.05) is 0 Å². The molecule has 0 aromatic carbocycles. The van der Waals surface area contributed by atoms with E-state index >= 15 is 0 Å². The van der Waals surface area contributed by atoms with Crippen molar-refractivity contribution in [1.29, 1.82) is 0 Å². The van der Waals surface area contributed by atoms with E-state index in [2.05, 4.69) is 6.58 Å². The van der Waals surface area contributed by atoms with Crippen LogP contribution in [0.2, 0.25) is 0 Å². The Labute approximate surface area is 262 Å². The van der Waals surface area contributed by atoms with Crippen molar-refractivity contribution >= 4 is 23.7 Å². The predicted octanol–water partition coefficient (Wildman–Crippen LogP) is 3.94. The molecule has 0 bridgehead atoms. The first-order chi connectivity index (χ1) is 20.2. The van der Waals surface area contributed by atoms with E-state index in [0.29, 0.717) is 12.8 Å². The standard InChI is InChI=1S/C34H54O10/c1-12-18(5)31(39)42-25-22(9)26(43-30(38)17(3)4)27(44-32(40)19(6)13-2)29(37)33(10,11)15-14-20(7)28(36)34(41)16-21(8)24(35)23(25)34/h14-15,17-21,23-27,29,35,37,41H,9,12-13,16H2,1-8,10-11H3/b15-14+/t18?,19?,20-,21-,23+,24-,25-,26-,27+,29+,34+/m0/s1. The van der Waals surface area contributed by atoms with Crippen LogP contribution in [0, 0.1) is 40.9 Å². The highest BCUT2D eigenvalue weighted by atomic mass is 16.6. The van der Waals surface area contributed by atoms with Crippen LogP contribution in [0.4, 0.5) is 0 Å². The predicted molar refractivity (Wildman–Crippen MR) is 164 cm³/mol. The van der Waals surface area contributed by atoms with E-state index < -0.39 is 101 Å². The van der Waals surface area contributed by atoms with Crippen LogP contribution in [-0.4, -0.2) is 75.1 Å². The van der Waals surface area contributed by atoms with E-state index in [4.69, 9.17) is 14.2 Å². The molecule has 0 spiro atoms. The highest BCUT2D eigenvalue weighted by Gasteiger charge is 2.61. The Kier molecular flexibility index (Phi) is 12.6. The molecule has 0 heterocycles.